The van der Waals surface area contributed by atoms with E-state index in [1.54, 1.807) is 0 Å². The molecule has 0 aliphatic carbocycles. The van der Waals surface area contributed by atoms with Crippen LogP contribution >= 0.6 is 0 Å². The Bertz CT molecular complexity index is 284. The van der Waals surface area contributed by atoms with E-state index in [2.05, 4.69) is 43.1 Å². The predicted molar refractivity (Wildman–Crippen MR) is 69.4 cm³/mol. The van der Waals surface area contributed by atoms with Gasteiger partial charge in [0, 0.05) is 25.7 Å². The van der Waals surface area contributed by atoms with Crippen molar-refractivity contribution in [2.45, 2.75) is 6.04 Å². The molecule has 0 spiro atoms. The van der Waals surface area contributed by atoms with Crippen molar-refractivity contribution in [2.75, 3.05) is 40.8 Å². The van der Waals surface area contributed by atoms with E-state index in [9.17, 15) is 0 Å². The molecule has 0 aliphatic heterocycles. The first-order valence-corrected chi connectivity index (χ1v) is 5.73. The Hall–Kier alpha value is -0.900. The lowest BCUT2D eigenvalue weighted by molar-refractivity contribution is 0.269. The SMILES string of the molecule is CN(C)CCN(C)CC(N)c1ccccc1. The maximum absolute atomic E-state index is 6.15. The fourth-order valence-electron chi connectivity index (χ4n) is 1.60. The van der Waals surface area contributed by atoms with Gasteiger partial charge in [-0.2, -0.15) is 0 Å². The fourth-order valence-corrected chi connectivity index (χ4v) is 1.60. The van der Waals surface area contributed by atoms with Crippen LogP contribution in [0.2, 0.25) is 0 Å². The van der Waals surface area contributed by atoms with Gasteiger partial charge < -0.3 is 15.5 Å². The van der Waals surface area contributed by atoms with Gasteiger partial charge in [0.1, 0.15) is 0 Å². The van der Waals surface area contributed by atoms with Crippen LogP contribution in [0, 0.1) is 0 Å². The number of rotatable bonds is 6. The van der Waals surface area contributed by atoms with E-state index in [0.29, 0.717) is 0 Å². The van der Waals surface area contributed by atoms with Crippen molar-refractivity contribution in [3.8, 4) is 0 Å². The van der Waals surface area contributed by atoms with Gasteiger partial charge in [-0.1, -0.05) is 30.3 Å². The van der Waals surface area contributed by atoms with Crippen molar-refractivity contribution >= 4 is 0 Å². The first-order valence-electron chi connectivity index (χ1n) is 5.73. The van der Waals surface area contributed by atoms with Gasteiger partial charge in [-0.25, -0.2) is 0 Å². The maximum atomic E-state index is 6.15. The minimum Gasteiger partial charge on any atom is -0.323 e. The lowest BCUT2D eigenvalue weighted by Gasteiger charge is -2.23. The minimum absolute atomic E-state index is 0.105. The van der Waals surface area contributed by atoms with Crippen molar-refractivity contribution in [2.24, 2.45) is 5.73 Å². The molecule has 3 nitrogen and oxygen atoms in total. The van der Waals surface area contributed by atoms with E-state index < -0.39 is 0 Å². The van der Waals surface area contributed by atoms with Gasteiger partial charge in [-0.15, -0.1) is 0 Å². The molecular formula is C13H23N3. The molecule has 0 amide bonds. The second-order valence-corrected chi connectivity index (χ2v) is 4.58. The predicted octanol–water partition coefficient (Wildman–Crippen LogP) is 1.18. The molecule has 2 N–H and O–H groups in total. The number of nitrogens with zero attached hydrogens (tertiary/aromatic N) is 2. The molecule has 1 unspecified atom stereocenters. The molecule has 1 aromatic rings. The Labute approximate surface area is 98.8 Å². The molecule has 90 valence electrons. The van der Waals surface area contributed by atoms with E-state index >= 15 is 0 Å². The largest absolute Gasteiger partial charge is 0.323 e. The number of hydrogen-bond donors (Lipinski definition) is 1. The molecule has 0 bridgehead atoms. The van der Waals surface area contributed by atoms with Gasteiger partial charge in [0.05, 0.1) is 0 Å². The van der Waals surface area contributed by atoms with Crippen LogP contribution in [0.3, 0.4) is 0 Å². The highest BCUT2D eigenvalue weighted by atomic mass is 15.2. The average molecular weight is 221 g/mol. The molecule has 1 aromatic carbocycles. The van der Waals surface area contributed by atoms with Gasteiger partial charge in [-0.3, -0.25) is 0 Å². The minimum atomic E-state index is 0.105. The molecule has 1 atom stereocenters. The average Bonchev–Trinajstić information content (AvgIpc) is 2.27. The van der Waals surface area contributed by atoms with E-state index in [-0.39, 0.29) is 6.04 Å². The quantitative estimate of drug-likeness (QED) is 0.783. The Morgan fingerprint density at radius 1 is 1.06 bits per heavy atom. The highest BCUT2D eigenvalue weighted by Gasteiger charge is 2.08. The summed E-state index contributed by atoms with van der Waals surface area (Å²) in [6.45, 7) is 3.02. The van der Waals surface area contributed by atoms with Crippen LogP contribution in [0.1, 0.15) is 11.6 Å². The molecule has 0 aromatic heterocycles. The normalized spacial score (nSPS) is 13.4. The van der Waals surface area contributed by atoms with Crippen LogP contribution in [0.4, 0.5) is 0 Å². The highest BCUT2D eigenvalue weighted by molar-refractivity contribution is 5.18. The zero-order valence-electron chi connectivity index (χ0n) is 10.6. The Balaban J connectivity index is 2.36. The van der Waals surface area contributed by atoms with Crippen LogP contribution in [0.5, 0.6) is 0 Å². The van der Waals surface area contributed by atoms with Gasteiger partial charge in [0.25, 0.3) is 0 Å². The molecule has 3 heteroatoms. The third-order valence-corrected chi connectivity index (χ3v) is 2.67. The van der Waals surface area contributed by atoms with Gasteiger partial charge in [-0.05, 0) is 26.7 Å². The van der Waals surface area contributed by atoms with Crippen molar-refractivity contribution in [3.05, 3.63) is 35.9 Å². The number of benzene rings is 1. The van der Waals surface area contributed by atoms with Gasteiger partial charge in [0.15, 0.2) is 0 Å². The van der Waals surface area contributed by atoms with Crippen LogP contribution in [-0.4, -0.2) is 50.6 Å². The Kier molecular flexibility index (Phi) is 5.46. The van der Waals surface area contributed by atoms with Crippen LogP contribution in [-0.2, 0) is 0 Å². The number of hydrogen-bond acceptors (Lipinski definition) is 3. The molecule has 1 rings (SSSR count). The zero-order chi connectivity index (χ0) is 12.0. The molecule has 0 heterocycles. The van der Waals surface area contributed by atoms with Gasteiger partial charge in [0.2, 0.25) is 0 Å². The standard InChI is InChI=1S/C13H23N3/c1-15(2)9-10-16(3)11-13(14)12-7-5-4-6-8-12/h4-8,13H,9-11,14H2,1-3H3. The molecule has 0 radical (unpaired) electrons. The van der Waals surface area contributed by atoms with E-state index in [1.165, 1.54) is 5.56 Å². The molecule has 0 fully saturated rings. The molecule has 0 saturated carbocycles. The number of nitrogens with two attached hydrogens (primary N) is 1. The van der Waals surface area contributed by atoms with Crippen LogP contribution in [0.25, 0.3) is 0 Å². The highest BCUT2D eigenvalue weighted by Crippen LogP contribution is 2.10. The Morgan fingerprint density at radius 3 is 2.25 bits per heavy atom. The van der Waals surface area contributed by atoms with Crippen LogP contribution in [0.15, 0.2) is 30.3 Å². The van der Waals surface area contributed by atoms with Crippen molar-refractivity contribution in [1.29, 1.82) is 0 Å². The van der Waals surface area contributed by atoms with Crippen molar-refractivity contribution in [1.82, 2.24) is 9.80 Å². The third kappa shape index (κ3) is 4.75. The second kappa shape index (κ2) is 6.63. The molecular weight excluding hydrogens is 198 g/mol. The molecule has 16 heavy (non-hydrogen) atoms. The number of likely N-dealkylation sites (N-methyl/N-ethyl adjacent to an activating group) is 2. The molecule has 0 saturated heterocycles. The van der Waals surface area contributed by atoms with Crippen molar-refractivity contribution < 1.29 is 0 Å². The summed E-state index contributed by atoms with van der Waals surface area (Å²) in [4.78, 5) is 4.46. The summed E-state index contributed by atoms with van der Waals surface area (Å²) in [5.74, 6) is 0. The second-order valence-electron chi connectivity index (χ2n) is 4.58. The van der Waals surface area contributed by atoms with Gasteiger partial charge >= 0.3 is 0 Å². The maximum Gasteiger partial charge on any atom is 0.0424 e. The first-order chi connectivity index (χ1) is 7.59. The van der Waals surface area contributed by atoms with E-state index in [1.807, 2.05) is 18.2 Å². The summed E-state index contributed by atoms with van der Waals surface area (Å²) >= 11 is 0. The summed E-state index contributed by atoms with van der Waals surface area (Å²) in [6, 6.07) is 10.4. The fraction of sp³-hybridized carbons (Fsp3) is 0.538. The van der Waals surface area contributed by atoms with Crippen molar-refractivity contribution in [3.63, 3.8) is 0 Å². The lowest BCUT2D eigenvalue weighted by Crippen LogP contribution is -2.34. The van der Waals surface area contributed by atoms with Crippen LogP contribution < -0.4 is 5.73 Å². The first kappa shape index (κ1) is 13.2. The summed E-state index contributed by atoms with van der Waals surface area (Å²) in [5.41, 5.74) is 7.35. The van der Waals surface area contributed by atoms with E-state index in [4.69, 9.17) is 5.73 Å². The summed E-state index contributed by atoms with van der Waals surface area (Å²) in [6.07, 6.45) is 0. The lowest BCUT2D eigenvalue weighted by atomic mass is 10.1. The smallest absolute Gasteiger partial charge is 0.0424 e. The van der Waals surface area contributed by atoms with E-state index in [0.717, 1.165) is 19.6 Å². The topological polar surface area (TPSA) is 32.5 Å². The summed E-state index contributed by atoms with van der Waals surface area (Å²) in [7, 11) is 6.29. The monoisotopic (exact) mass is 221 g/mol. The zero-order valence-corrected chi connectivity index (χ0v) is 10.6. The summed E-state index contributed by atoms with van der Waals surface area (Å²) < 4.78 is 0. The molecule has 0 aliphatic rings. The summed E-state index contributed by atoms with van der Waals surface area (Å²) in [5, 5.41) is 0. The Morgan fingerprint density at radius 2 is 1.69 bits per heavy atom. The third-order valence-electron chi connectivity index (χ3n) is 2.67.